The van der Waals surface area contributed by atoms with E-state index in [1.807, 2.05) is 0 Å². The van der Waals surface area contributed by atoms with Crippen molar-refractivity contribution in [2.45, 2.75) is 89.6 Å². The monoisotopic (exact) mass is 468 g/mol. The highest BCUT2D eigenvalue weighted by molar-refractivity contribution is 5.92. The van der Waals surface area contributed by atoms with Crippen molar-refractivity contribution in [3.05, 3.63) is 0 Å². The van der Waals surface area contributed by atoms with Crippen molar-refractivity contribution >= 4 is 30.1 Å². The number of aldehydes is 1. The number of carbonyl (C=O) groups is 5. The van der Waals surface area contributed by atoms with Crippen LogP contribution in [0, 0.1) is 11.8 Å². The van der Waals surface area contributed by atoms with Crippen LogP contribution in [0.1, 0.15) is 59.8 Å². The van der Waals surface area contributed by atoms with Gasteiger partial charge in [-0.1, -0.05) is 12.8 Å². The summed E-state index contributed by atoms with van der Waals surface area (Å²) in [5.74, 6) is -1.45. The first kappa shape index (κ1) is 26.6. The molecule has 2 fully saturated rings. The Morgan fingerprint density at radius 1 is 1.12 bits per heavy atom. The third kappa shape index (κ3) is 8.99. The summed E-state index contributed by atoms with van der Waals surface area (Å²) in [6.45, 7) is 7.47. The van der Waals surface area contributed by atoms with Crippen LogP contribution in [0.2, 0.25) is 0 Å². The van der Waals surface area contributed by atoms with Gasteiger partial charge in [-0.2, -0.15) is 0 Å². The van der Waals surface area contributed by atoms with Crippen LogP contribution in [0.4, 0.5) is 4.79 Å². The van der Waals surface area contributed by atoms with Gasteiger partial charge in [0, 0.05) is 12.5 Å². The molecule has 0 spiro atoms. The standard InChI is InChI=1S/C22H36N4O7/c1-12(33-22(2,3)4)17(26-21(31)32)20(30)25-16(9-13-5-6-13)19(29)24-15(11-27)10-14-7-8-23-18(14)28/h11-17,26H,5-10H2,1-4H3,(H,23,28)(H,24,29)(H,25,30)(H,31,32)/t12?,14-,15?,16?,17?/m0/s1. The summed E-state index contributed by atoms with van der Waals surface area (Å²) in [6, 6.07) is -3.04. The molecule has 0 aromatic carbocycles. The lowest BCUT2D eigenvalue weighted by molar-refractivity contribution is -0.135. The summed E-state index contributed by atoms with van der Waals surface area (Å²) in [5, 5.41) is 19.3. The second-order valence-corrected chi connectivity index (χ2v) is 9.87. The predicted molar refractivity (Wildman–Crippen MR) is 118 cm³/mol. The van der Waals surface area contributed by atoms with Gasteiger partial charge in [0.2, 0.25) is 17.7 Å². The van der Waals surface area contributed by atoms with E-state index in [1.165, 1.54) is 0 Å². The maximum absolute atomic E-state index is 13.0. The van der Waals surface area contributed by atoms with Crippen molar-refractivity contribution in [2.75, 3.05) is 6.54 Å². The first-order chi connectivity index (χ1) is 15.4. The fourth-order valence-corrected chi connectivity index (χ4v) is 3.94. The quantitative estimate of drug-likeness (QED) is 0.258. The zero-order chi connectivity index (χ0) is 24.8. The molecule has 2 rings (SSSR count). The average molecular weight is 469 g/mol. The molecule has 4 amide bonds. The molecule has 186 valence electrons. The Balaban J connectivity index is 2.07. The van der Waals surface area contributed by atoms with Crippen molar-refractivity contribution < 1.29 is 33.8 Å². The highest BCUT2D eigenvalue weighted by Crippen LogP contribution is 2.33. The molecule has 1 heterocycles. The van der Waals surface area contributed by atoms with Crippen molar-refractivity contribution in [1.29, 1.82) is 0 Å². The van der Waals surface area contributed by atoms with E-state index in [-0.39, 0.29) is 24.2 Å². The topological polar surface area (TPSA) is 163 Å². The number of ether oxygens (including phenoxy) is 1. The zero-order valence-electron chi connectivity index (χ0n) is 19.7. The number of rotatable bonds is 12. The summed E-state index contributed by atoms with van der Waals surface area (Å²) in [4.78, 5) is 60.6. The fourth-order valence-electron chi connectivity index (χ4n) is 3.94. The Kier molecular flexibility index (Phi) is 9.21. The van der Waals surface area contributed by atoms with Gasteiger partial charge < -0.3 is 35.9 Å². The lowest BCUT2D eigenvalue weighted by atomic mass is 9.98. The van der Waals surface area contributed by atoms with Gasteiger partial charge in [0.1, 0.15) is 18.4 Å². The molecular formula is C22H36N4O7. The molecule has 1 aliphatic heterocycles. The second kappa shape index (κ2) is 11.4. The SMILES string of the molecule is CC(OC(C)(C)C)C(NC(=O)O)C(=O)NC(CC1CC1)C(=O)NC(C=O)C[C@@H]1CCNC1=O. The van der Waals surface area contributed by atoms with Crippen LogP contribution in [-0.4, -0.2) is 71.6 Å². The Morgan fingerprint density at radius 2 is 1.79 bits per heavy atom. The van der Waals surface area contributed by atoms with Crippen LogP contribution in [0.5, 0.6) is 0 Å². The van der Waals surface area contributed by atoms with E-state index in [0.29, 0.717) is 25.7 Å². The zero-order valence-corrected chi connectivity index (χ0v) is 19.7. The second-order valence-electron chi connectivity index (χ2n) is 9.87. The van der Waals surface area contributed by atoms with Crippen LogP contribution in [-0.2, 0) is 23.9 Å². The highest BCUT2D eigenvalue weighted by Gasteiger charge is 2.36. The first-order valence-corrected chi connectivity index (χ1v) is 11.4. The number of hydrogen-bond acceptors (Lipinski definition) is 6. The van der Waals surface area contributed by atoms with Crippen LogP contribution in [0.3, 0.4) is 0 Å². The van der Waals surface area contributed by atoms with E-state index in [4.69, 9.17) is 4.74 Å². The molecule has 0 aromatic heterocycles. The first-order valence-electron chi connectivity index (χ1n) is 11.4. The van der Waals surface area contributed by atoms with E-state index >= 15 is 0 Å². The molecule has 11 heteroatoms. The minimum Gasteiger partial charge on any atom is -0.465 e. The normalized spacial score (nSPS) is 21.8. The summed E-state index contributed by atoms with van der Waals surface area (Å²) < 4.78 is 5.75. The van der Waals surface area contributed by atoms with Gasteiger partial charge in [0.15, 0.2) is 0 Å². The fraction of sp³-hybridized carbons (Fsp3) is 0.773. The largest absolute Gasteiger partial charge is 0.465 e. The maximum Gasteiger partial charge on any atom is 0.405 e. The number of hydrogen-bond donors (Lipinski definition) is 5. The van der Waals surface area contributed by atoms with Gasteiger partial charge in [0.25, 0.3) is 0 Å². The number of carboxylic acid groups (broad SMARTS) is 1. The minimum absolute atomic E-state index is 0.144. The van der Waals surface area contributed by atoms with Gasteiger partial charge >= 0.3 is 6.09 Å². The van der Waals surface area contributed by atoms with Gasteiger partial charge in [-0.3, -0.25) is 14.4 Å². The van der Waals surface area contributed by atoms with E-state index in [0.717, 1.165) is 12.8 Å². The van der Waals surface area contributed by atoms with Crippen molar-refractivity contribution in [3.63, 3.8) is 0 Å². The molecule has 0 radical (unpaired) electrons. The van der Waals surface area contributed by atoms with E-state index in [9.17, 15) is 29.1 Å². The molecule has 11 nitrogen and oxygen atoms in total. The minimum atomic E-state index is -1.39. The molecule has 4 unspecified atom stereocenters. The molecule has 1 saturated heterocycles. The third-order valence-electron chi connectivity index (χ3n) is 5.66. The molecular weight excluding hydrogens is 432 g/mol. The number of amides is 4. The molecule has 1 aliphatic carbocycles. The molecule has 2 aliphatic rings. The van der Waals surface area contributed by atoms with Crippen LogP contribution in [0.15, 0.2) is 0 Å². The maximum atomic E-state index is 13.0. The predicted octanol–water partition coefficient (Wildman–Crippen LogP) is 0.321. The van der Waals surface area contributed by atoms with E-state index in [1.54, 1.807) is 27.7 Å². The van der Waals surface area contributed by atoms with Gasteiger partial charge in [-0.15, -0.1) is 0 Å². The van der Waals surface area contributed by atoms with Crippen LogP contribution in [0.25, 0.3) is 0 Å². The summed E-state index contributed by atoms with van der Waals surface area (Å²) in [6.07, 6.45) is 1.42. The van der Waals surface area contributed by atoms with Crippen molar-refractivity contribution in [1.82, 2.24) is 21.3 Å². The molecule has 33 heavy (non-hydrogen) atoms. The lowest BCUT2D eigenvalue weighted by Crippen LogP contribution is -2.58. The number of nitrogens with one attached hydrogen (secondary N) is 4. The number of carbonyl (C=O) groups excluding carboxylic acids is 4. The van der Waals surface area contributed by atoms with Gasteiger partial charge in [-0.05, 0) is 52.9 Å². The molecule has 0 bridgehead atoms. The highest BCUT2D eigenvalue weighted by atomic mass is 16.5. The van der Waals surface area contributed by atoms with E-state index in [2.05, 4.69) is 21.3 Å². The summed E-state index contributed by atoms with van der Waals surface area (Å²) in [5.41, 5.74) is -0.618. The Hall–Kier alpha value is -2.69. The summed E-state index contributed by atoms with van der Waals surface area (Å²) >= 11 is 0. The Bertz CT molecular complexity index is 748. The summed E-state index contributed by atoms with van der Waals surface area (Å²) in [7, 11) is 0. The van der Waals surface area contributed by atoms with Crippen LogP contribution >= 0.6 is 0 Å². The molecule has 1 saturated carbocycles. The van der Waals surface area contributed by atoms with Crippen molar-refractivity contribution in [3.8, 4) is 0 Å². The molecule has 5 N–H and O–H groups in total. The van der Waals surface area contributed by atoms with Crippen LogP contribution < -0.4 is 21.3 Å². The third-order valence-corrected chi connectivity index (χ3v) is 5.66. The average Bonchev–Trinajstić information content (AvgIpc) is 3.43. The van der Waals surface area contributed by atoms with Gasteiger partial charge in [-0.25, -0.2) is 4.79 Å². The molecule has 5 atom stereocenters. The lowest BCUT2D eigenvalue weighted by Gasteiger charge is -2.31. The Labute approximate surface area is 193 Å². The smallest absolute Gasteiger partial charge is 0.405 e. The van der Waals surface area contributed by atoms with Gasteiger partial charge in [0.05, 0.1) is 17.7 Å². The Morgan fingerprint density at radius 3 is 2.27 bits per heavy atom. The van der Waals surface area contributed by atoms with E-state index < -0.39 is 47.7 Å². The molecule has 0 aromatic rings. The van der Waals surface area contributed by atoms with Crippen molar-refractivity contribution in [2.24, 2.45) is 11.8 Å².